The van der Waals surface area contributed by atoms with Gasteiger partial charge in [-0.2, -0.15) is 13.8 Å². The number of pyridine rings is 1. The number of benzene rings is 1. The van der Waals surface area contributed by atoms with Gasteiger partial charge in [0, 0.05) is 11.8 Å². The zero-order chi connectivity index (χ0) is 14.9. The molecule has 6 heteroatoms. The van der Waals surface area contributed by atoms with Crippen LogP contribution < -0.4 is 5.32 Å². The van der Waals surface area contributed by atoms with Crippen molar-refractivity contribution in [1.29, 1.82) is 0 Å². The van der Waals surface area contributed by atoms with Crippen molar-refractivity contribution in [3.05, 3.63) is 58.7 Å². The van der Waals surface area contributed by atoms with Gasteiger partial charge in [-0.1, -0.05) is 18.2 Å². The van der Waals surface area contributed by atoms with Gasteiger partial charge in [0.05, 0.1) is 5.56 Å². The number of nitrogens with one attached hydrogen (secondary N) is 1. The lowest BCUT2D eigenvalue weighted by atomic mass is 10.1. The summed E-state index contributed by atoms with van der Waals surface area (Å²) in [7, 11) is 0. The number of halogens is 3. The molecule has 0 atom stereocenters. The minimum Gasteiger partial charge on any atom is -0.321 e. The SMILES string of the molecule is Cc1cccc(C)c1NC(=O)c1cc(F)nc(F)c1F. The molecule has 1 aromatic carbocycles. The van der Waals surface area contributed by atoms with Crippen molar-refractivity contribution in [2.75, 3.05) is 5.32 Å². The van der Waals surface area contributed by atoms with Gasteiger partial charge >= 0.3 is 0 Å². The number of hydrogen-bond donors (Lipinski definition) is 1. The first-order valence-electron chi connectivity index (χ1n) is 5.79. The van der Waals surface area contributed by atoms with Crippen molar-refractivity contribution < 1.29 is 18.0 Å². The van der Waals surface area contributed by atoms with Gasteiger partial charge in [0.2, 0.25) is 5.95 Å². The molecule has 0 unspecified atom stereocenters. The first-order valence-corrected chi connectivity index (χ1v) is 5.79. The maximum Gasteiger partial charge on any atom is 0.258 e. The number of hydrogen-bond acceptors (Lipinski definition) is 2. The van der Waals surface area contributed by atoms with Gasteiger partial charge < -0.3 is 5.32 Å². The Balaban J connectivity index is 2.39. The molecule has 0 saturated heterocycles. The van der Waals surface area contributed by atoms with Gasteiger partial charge in [0.15, 0.2) is 5.82 Å². The van der Waals surface area contributed by atoms with Crippen LogP contribution >= 0.6 is 0 Å². The van der Waals surface area contributed by atoms with E-state index >= 15 is 0 Å². The molecule has 1 amide bonds. The maximum atomic E-state index is 13.5. The van der Waals surface area contributed by atoms with Crippen LogP contribution in [0.3, 0.4) is 0 Å². The van der Waals surface area contributed by atoms with Crippen LogP contribution in [0.1, 0.15) is 21.5 Å². The Kier molecular flexibility index (Phi) is 3.74. The van der Waals surface area contributed by atoms with E-state index in [-0.39, 0.29) is 0 Å². The zero-order valence-corrected chi connectivity index (χ0v) is 10.8. The highest BCUT2D eigenvalue weighted by molar-refractivity contribution is 6.05. The molecule has 0 aliphatic rings. The van der Waals surface area contributed by atoms with E-state index in [9.17, 15) is 18.0 Å². The number of nitrogens with zero attached hydrogens (tertiary/aromatic N) is 1. The second-order valence-electron chi connectivity index (χ2n) is 4.32. The lowest BCUT2D eigenvalue weighted by Gasteiger charge is -2.11. The van der Waals surface area contributed by atoms with Crippen molar-refractivity contribution in [2.24, 2.45) is 0 Å². The number of amides is 1. The molecule has 0 aliphatic heterocycles. The Hall–Kier alpha value is -2.37. The lowest BCUT2D eigenvalue weighted by Crippen LogP contribution is -2.17. The quantitative estimate of drug-likeness (QED) is 0.857. The summed E-state index contributed by atoms with van der Waals surface area (Å²) in [6.07, 6.45) is 0. The highest BCUT2D eigenvalue weighted by atomic mass is 19.2. The number of carbonyl (C=O) groups excluding carboxylic acids is 1. The zero-order valence-electron chi connectivity index (χ0n) is 10.8. The topological polar surface area (TPSA) is 42.0 Å². The Morgan fingerprint density at radius 3 is 2.35 bits per heavy atom. The summed E-state index contributed by atoms with van der Waals surface area (Å²) in [5.74, 6) is -5.30. The van der Waals surface area contributed by atoms with Crippen LogP contribution in [0.2, 0.25) is 0 Å². The summed E-state index contributed by atoms with van der Waals surface area (Å²) < 4.78 is 39.4. The molecular formula is C14H11F3N2O. The summed E-state index contributed by atoms with van der Waals surface area (Å²) in [6.45, 7) is 3.51. The van der Waals surface area contributed by atoms with Crippen LogP contribution in [0.25, 0.3) is 0 Å². The Bertz CT molecular complexity index is 666. The van der Waals surface area contributed by atoms with Gasteiger partial charge in [-0.15, -0.1) is 0 Å². The van der Waals surface area contributed by atoms with Gasteiger partial charge in [-0.05, 0) is 25.0 Å². The van der Waals surface area contributed by atoms with E-state index in [2.05, 4.69) is 10.3 Å². The third kappa shape index (κ3) is 2.64. The number of anilines is 1. The van der Waals surface area contributed by atoms with Gasteiger partial charge in [0.1, 0.15) is 0 Å². The van der Waals surface area contributed by atoms with Gasteiger partial charge in [-0.25, -0.2) is 4.39 Å². The molecule has 1 heterocycles. The standard InChI is InChI=1S/C14H11F3N2O/c1-7-4-3-5-8(2)12(7)19-14(20)9-6-10(15)18-13(17)11(9)16/h3-6H,1-2H3,(H,19,20). The molecule has 3 nitrogen and oxygen atoms in total. The van der Waals surface area contributed by atoms with Crippen LogP contribution in [-0.2, 0) is 0 Å². The van der Waals surface area contributed by atoms with Crippen LogP contribution in [0, 0.1) is 31.6 Å². The molecule has 0 saturated carbocycles. The molecule has 2 aromatic rings. The first kappa shape index (κ1) is 14.0. The fourth-order valence-electron chi connectivity index (χ4n) is 1.83. The van der Waals surface area contributed by atoms with E-state index in [0.717, 1.165) is 11.1 Å². The third-order valence-electron chi connectivity index (χ3n) is 2.85. The number of para-hydroxylation sites is 1. The molecule has 20 heavy (non-hydrogen) atoms. The van der Waals surface area contributed by atoms with Crippen molar-refractivity contribution >= 4 is 11.6 Å². The Morgan fingerprint density at radius 1 is 1.15 bits per heavy atom. The second-order valence-corrected chi connectivity index (χ2v) is 4.32. The van der Waals surface area contributed by atoms with Gasteiger partial charge in [0.25, 0.3) is 11.9 Å². The van der Waals surface area contributed by atoms with Crippen molar-refractivity contribution in [3.8, 4) is 0 Å². The van der Waals surface area contributed by atoms with Crippen LogP contribution in [0.5, 0.6) is 0 Å². The average Bonchev–Trinajstić information content (AvgIpc) is 2.38. The van der Waals surface area contributed by atoms with Crippen molar-refractivity contribution in [1.82, 2.24) is 4.98 Å². The fourth-order valence-corrected chi connectivity index (χ4v) is 1.83. The highest BCUT2D eigenvalue weighted by Crippen LogP contribution is 2.21. The van der Waals surface area contributed by atoms with Gasteiger partial charge in [-0.3, -0.25) is 4.79 Å². The minimum absolute atomic E-state index is 0.481. The third-order valence-corrected chi connectivity index (χ3v) is 2.85. The fraction of sp³-hybridized carbons (Fsp3) is 0.143. The van der Waals surface area contributed by atoms with E-state index < -0.39 is 29.2 Å². The average molecular weight is 280 g/mol. The summed E-state index contributed by atoms with van der Waals surface area (Å²) in [5.41, 5.74) is 1.27. The van der Waals surface area contributed by atoms with Crippen molar-refractivity contribution in [2.45, 2.75) is 13.8 Å². The van der Waals surface area contributed by atoms with Crippen LogP contribution in [-0.4, -0.2) is 10.9 Å². The normalized spacial score (nSPS) is 10.4. The molecular weight excluding hydrogens is 269 g/mol. The van der Waals surface area contributed by atoms with Crippen LogP contribution in [0.15, 0.2) is 24.3 Å². The predicted molar refractivity (Wildman–Crippen MR) is 68.0 cm³/mol. The number of aromatic nitrogens is 1. The first-order chi connectivity index (χ1) is 9.40. The summed E-state index contributed by atoms with van der Waals surface area (Å²) in [6, 6.07) is 5.87. The van der Waals surface area contributed by atoms with E-state index in [1.165, 1.54) is 0 Å². The lowest BCUT2D eigenvalue weighted by molar-refractivity contribution is 0.102. The molecule has 104 valence electrons. The van der Waals surface area contributed by atoms with E-state index in [0.29, 0.717) is 11.8 Å². The van der Waals surface area contributed by atoms with E-state index in [4.69, 9.17) is 0 Å². The monoisotopic (exact) mass is 280 g/mol. The van der Waals surface area contributed by atoms with Crippen LogP contribution in [0.4, 0.5) is 18.9 Å². The Labute approximate surface area is 113 Å². The van der Waals surface area contributed by atoms with E-state index in [1.54, 1.807) is 32.0 Å². The Morgan fingerprint density at radius 2 is 1.75 bits per heavy atom. The summed E-state index contributed by atoms with van der Waals surface area (Å²) in [4.78, 5) is 14.6. The molecule has 0 radical (unpaired) electrons. The molecule has 0 spiro atoms. The largest absolute Gasteiger partial charge is 0.321 e. The molecule has 0 bridgehead atoms. The minimum atomic E-state index is -1.64. The smallest absolute Gasteiger partial charge is 0.258 e. The molecule has 1 N–H and O–H groups in total. The van der Waals surface area contributed by atoms with E-state index in [1.807, 2.05) is 0 Å². The molecule has 0 fully saturated rings. The van der Waals surface area contributed by atoms with Crippen molar-refractivity contribution in [3.63, 3.8) is 0 Å². The molecule has 1 aromatic heterocycles. The number of aryl methyl sites for hydroxylation is 2. The number of rotatable bonds is 2. The maximum absolute atomic E-state index is 13.5. The number of carbonyl (C=O) groups is 1. The molecule has 2 rings (SSSR count). The second kappa shape index (κ2) is 5.32. The summed E-state index contributed by atoms with van der Waals surface area (Å²) in [5, 5.41) is 2.45. The highest BCUT2D eigenvalue weighted by Gasteiger charge is 2.19. The molecule has 0 aliphatic carbocycles. The summed E-state index contributed by atoms with van der Waals surface area (Å²) >= 11 is 0. The predicted octanol–water partition coefficient (Wildman–Crippen LogP) is 3.37.